The summed E-state index contributed by atoms with van der Waals surface area (Å²) < 4.78 is 27.1. The van der Waals surface area contributed by atoms with Gasteiger partial charge < -0.3 is 0 Å². The Morgan fingerprint density at radius 1 is 1.22 bits per heavy atom. The molecule has 1 aromatic carbocycles. The average molecular weight is 267 g/mol. The van der Waals surface area contributed by atoms with Gasteiger partial charge in [-0.2, -0.15) is 0 Å². The van der Waals surface area contributed by atoms with E-state index in [1.54, 1.807) is 6.07 Å². The van der Waals surface area contributed by atoms with Crippen molar-refractivity contribution in [2.75, 3.05) is 0 Å². The Bertz CT molecular complexity index is 523. The molecule has 0 spiro atoms. The van der Waals surface area contributed by atoms with E-state index in [-0.39, 0.29) is 6.04 Å². The lowest BCUT2D eigenvalue weighted by atomic mass is 9.92. The highest BCUT2D eigenvalue weighted by molar-refractivity contribution is 7.89. The number of fused-ring (bicyclic) bond motifs is 1. The van der Waals surface area contributed by atoms with Crippen LogP contribution < -0.4 is 4.72 Å². The van der Waals surface area contributed by atoms with Gasteiger partial charge in [-0.15, -0.1) is 0 Å². The molecule has 0 unspecified atom stereocenters. The maximum absolute atomic E-state index is 12.2. The minimum Gasteiger partial charge on any atom is -0.208 e. The third-order valence-corrected chi connectivity index (χ3v) is 5.19. The zero-order chi connectivity index (χ0) is 13.2. The Balaban J connectivity index is 2.28. The second-order valence-electron chi connectivity index (χ2n) is 5.07. The number of nitrogens with one attached hydrogen (secondary N) is 1. The van der Waals surface area contributed by atoms with Crippen molar-refractivity contribution in [2.45, 2.75) is 56.9 Å². The zero-order valence-corrected chi connectivity index (χ0v) is 11.9. The highest BCUT2D eigenvalue weighted by Gasteiger charge is 2.19. The van der Waals surface area contributed by atoms with E-state index in [0.717, 1.165) is 25.7 Å². The van der Waals surface area contributed by atoms with Crippen LogP contribution in [0.1, 0.15) is 44.2 Å². The second kappa shape index (κ2) is 5.41. The third-order valence-electron chi connectivity index (χ3n) is 3.60. The molecule has 0 aromatic heterocycles. The standard InChI is InChI=1S/C14H21NO2S/c1-3-11(2)15-18(16,17)14-9-8-12-6-4-5-7-13(12)10-14/h8-11,15H,3-7H2,1-2H3/t11-/m0/s1. The van der Waals surface area contributed by atoms with Crippen LogP contribution in [0.2, 0.25) is 0 Å². The van der Waals surface area contributed by atoms with Gasteiger partial charge in [-0.25, -0.2) is 13.1 Å². The van der Waals surface area contributed by atoms with Crippen molar-refractivity contribution in [1.29, 1.82) is 0 Å². The maximum Gasteiger partial charge on any atom is 0.240 e. The lowest BCUT2D eigenvalue weighted by Gasteiger charge is -2.18. The van der Waals surface area contributed by atoms with E-state index in [4.69, 9.17) is 0 Å². The number of rotatable bonds is 4. The van der Waals surface area contributed by atoms with E-state index in [2.05, 4.69) is 4.72 Å². The summed E-state index contributed by atoms with van der Waals surface area (Å²) in [5.41, 5.74) is 2.51. The van der Waals surface area contributed by atoms with Crippen LogP contribution in [0.5, 0.6) is 0 Å². The summed E-state index contributed by atoms with van der Waals surface area (Å²) in [6.07, 6.45) is 5.25. The van der Waals surface area contributed by atoms with E-state index < -0.39 is 10.0 Å². The lowest BCUT2D eigenvalue weighted by molar-refractivity contribution is 0.555. The first-order valence-electron chi connectivity index (χ1n) is 6.67. The highest BCUT2D eigenvalue weighted by Crippen LogP contribution is 2.24. The number of sulfonamides is 1. The smallest absolute Gasteiger partial charge is 0.208 e. The van der Waals surface area contributed by atoms with E-state index in [9.17, 15) is 8.42 Å². The van der Waals surface area contributed by atoms with Crippen molar-refractivity contribution in [2.24, 2.45) is 0 Å². The molecule has 0 saturated heterocycles. The van der Waals surface area contributed by atoms with Gasteiger partial charge in [-0.1, -0.05) is 13.0 Å². The third kappa shape index (κ3) is 2.93. The van der Waals surface area contributed by atoms with Crippen LogP contribution in [0, 0.1) is 0 Å². The first kappa shape index (κ1) is 13.6. The monoisotopic (exact) mass is 267 g/mol. The molecule has 0 bridgehead atoms. The van der Waals surface area contributed by atoms with Crippen LogP contribution in [0.25, 0.3) is 0 Å². The van der Waals surface area contributed by atoms with Crippen LogP contribution in [0.15, 0.2) is 23.1 Å². The van der Waals surface area contributed by atoms with Gasteiger partial charge in [0.05, 0.1) is 4.90 Å². The molecule has 0 amide bonds. The molecule has 0 fully saturated rings. The SMILES string of the molecule is CC[C@H](C)NS(=O)(=O)c1ccc2c(c1)CCCC2. The first-order chi connectivity index (χ1) is 8.53. The maximum atomic E-state index is 12.2. The fourth-order valence-corrected chi connectivity index (χ4v) is 3.67. The predicted molar refractivity (Wildman–Crippen MR) is 73.2 cm³/mol. The Morgan fingerprint density at radius 2 is 1.89 bits per heavy atom. The molecule has 1 aliphatic rings. The van der Waals surface area contributed by atoms with Gasteiger partial charge in [0.15, 0.2) is 0 Å². The Hall–Kier alpha value is -0.870. The molecule has 1 aliphatic carbocycles. The van der Waals surface area contributed by atoms with E-state index in [1.165, 1.54) is 17.5 Å². The van der Waals surface area contributed by atoms with Crippen molar-refractivity contribution in [3.05, 3.63) is 29.3 Å². The van der Waals surface area contributed by atoms with Gasteiger partial charge in [0.2, 0.25) is 10.0 Å². The van der Waals surface area contributed by atoms with Crippen molar-refractivity contribution in [1.82, 2.24) is 4.72 Å². The highest BCUT2D eigenvalue weighted by atomic mass is 32.2. The summed E-state index contributed by atoms with van der Waals surface area (Å²) in [7, 11) is -3.36. The summed E-state index contributed by atoms with van der Waals surface area (Å²) >= 11 is 0. The van der Waals surface area contributed by atoms with Crippen molar-refractivity contribution < 1.29 is 8.42 Å². The van der Waals surface area contributed by atoms with Gasteiger partial charge in [-0.05, 0) is 62.3 Å². The topological polar surface area (TPSA) is 46.2 Å². The normalized spacial score (nSPS) is 17.2. The van der Waals surface area contributed by atoms with E-state index in [1.807, 2.05) is 26.0 Å². The van der Waals surface area contributed by atoms with Gasteiger partial charge in [0.1, 0.15) is 0 Å². The summed E-state index contributed by atoms with van der Waals surface area (Å²) in [5.74, 6) is 0. The lowest BCUT2D eigenvalue weighted by Crippen LogP contribution is -2.32. The first-order valence-corrected chi connectivity index (χ1v) is 8.15. The number of aryl methyl sites for hydroxylation is 2. The average Bonchev–Trinajstić information content (AvgIpc) is 2.37. The Morgan fingerprint density at radius 3 is 2.56 bits per heavy atom. The quantitative estimate of drug-likeness (QED) is 0.911. The summed E-state index contributed by atoms with van der Waals surface area (Å²) in [5, 5.41) is 0. The molecular formula is C14H21NO2S. The second-order valence-corrected chi connectivity index (χ2v) is 6.78. The largest absolute Gasteiger partial charge is 0.240 e. The van der Waals surface area contributed by atoms with Crippen LogP contribution in [0.3, 0.4) is 0 Å². The number of hydrogen-bond acceptors (Lipinski definition) is 2. The molecule has 0 heterocycles. The summed E-state index contributed by atoms with van der Waals surface area (Å²) in [6.45, 7) is 3.86. The zero-order valence-electron chi connectivity index (χ0n) is 11.1. The van der Waals surface area contributed by atoms with Crippen molar-refractivity contribution in [3.63, 3.8) is 0 Å². The Labute approximate surface area is 110 Å². The molecule has 4 heteroatoms. The minimum atomic E-state index is -3.36. The van der Waals surface area contributed by atoms with Crippen molar-refractivity contribution in [3.8, 4) is 0 Å². The Kier molecular flexibility index (Phi) is 4.07. The predicted octanol–water partition coefficient (Wildman–Crippen LogP) is 2.64. The summed E-state index contributed by atoms with van der Waals surface area (Å²) in [4.78, 5) is 0.406. The van der Waals surface area contributed by atoms with Crippen LogP contribution in [-0.4, -0.2) is 14.5 Å². The molecule has 0 saturated carbocycles. The van der Waals surface area contributed by atoms with Gasteiger partial charge in [-0.3, -0.25) is 0 Å². The van der Waals surface area contributed by atoms with E-state index in [0.29, 0.717) is 4.90 Å². The van der Waals surface area contributed by atoms with E-state index >= 15 is 0 Å². The molecule has 0 aliphatic heterocycles. The molecule has 1 atom stereocenters. The molecule has 2 rings (SSSR count). The molecule has 1 aromatic rings. The van der Waals surface area contributed by atoms with Gasteiger partial charge >= 0.3 is 0 Å². The van der Waals surface area contributed by atoms with Gasteiger partial charge in [0, 0.05) is 6.04 Å². The molecule has 0 radical (unpaired) electrons. The molecular weight excluding hydrogens is 246 g/mol. The number of benzene rings is 1. The van der Waals surface area contributed by atoms with Crippen LogP contribution >= 0.6 is 0 Å². The van der Waals surface area contributed by atoms with Gasteiger partial charge in [0.25, 0.3) is 0 Å². The van der Waals surface area contributed by atoms with Crippen LogP contribution in [-0.2, 0) is 22.9 Å². The summed E-state index contributed by atoms with van der Waals surface area (Å²) in [6, 6.07) is 5.53. The molecule has 18 heavy (non-hydrogen) atoms. The molecule has 100 valence electrons. The fraction of sp³-hybridized carbons (Fsp3) is 0.571. The fourth-order valence-electron chi connectivity index (χ4n) is 2.29. The molecule has 3 nitrogen and oxygen atoms in total. The van der Waals surface area contributed by atoms with Crippen molar-refractivity contribution >= 4 is 10.0 Å². The minimum absolute atomic E-state index is 0.0222. The number of hydrogen-bond donors (Lipinski definition) is 1. The molecule has 1 N–H and O–H groups in total. The van der Waals surface area contributed by atoms with Crippen LogP contribution in [0.4, 0.5) is 0 Å².